The summed E-state index contributed by atoms with van der Waals surface area (Å²) in [4.78, 5) is 11.7. The maximum Gasteiger partial charge on any atom is 0.294 e. The van der Waals surface area contributed by atoms with E-state index in [0.29, 0.717) is 0 Å². The van der Waals surface area contributed by atoms with Crippen LogP contribution in [0.4, 0.5) is 0 Å². The molecular weight excluding hydrogens is 286 g/mol. The van der Waals surface area contributed by atoms with Gasteiger partial charge in [0.25, 0.3) is 11.1 Å². The molecule has 1 amide bonds. The van der Waals surface area contributed by atoms with Crippen molar-refractivity contribution in [3.8, 4) is 5.69 Å². The Morgan fingerprint density at radius 2 is 2.00 bits per heavy atom. The van der Waals surface area contributed by atoms with Gasteiger partial charge in [-0.3, -0.25) is 10.1 Å². The van der Waals surface area contributed by atoms with E-state index in [-0.39, 0.29) is 16.8 Å². The SMILES string of the molecule is Cc1nn(-c2ccccc2)c(C)c1/C=C1\OC(=S)NC1=O. The number of amides is 1. The van der Waals surface area contributed by atoms with Crippen LogP contribution in [0.25, 0.3) is 11.8 Å². The first-order valence-corrected chi connectivity index (χ1v) is 6.83. The molecule has 2 aromatic rings. The van der Waals surface area contributed by atoms with Crippen molar-refractivity contribution in [2.45, 2.75) is 13.8 Å². The fourth-order valence-corrected chi connectivity index (χ4v) is 2.42. The minimum atomic E-state index is -0.328. The number of para-hydroxylation sites is 1. The number of hydrogen-bond acceptors (Lipinski definition) is 4. The third-order valence-electron chi connectivity index (χ3n) is 3.27. The summed E-state index contributed by atoms with van der Waals surface area (Å²) in [7, 11) is 0. The number of nitrogens with zero attached hydrogens (tertiary/aromatic N) is 2. The summed E-state index contributed by atoms with van der Waals surface area (Å²) in [5.41, 5.74) is 3.57. The van der Waals surface area contributed by atoms with E-state index < -0.39 is 0 Å². The molecule has 2 heterocycles. The van der Waals surface area contributed by atoms with Gasteiger partial charge in [0, 0.05) is 11.3 Å². The van der Waals surface area contributed by atoms with E-state index in [1.807, 2.05) is 48.9 Å². The van der Waals surface area contributed by atoms with Crippen LogP contribution in [0.3, 0.4) is 0 Å². The summed E-state index contributed by atoms with van der Waals surface area (Å²) < 4.78 is 7.04. The summed E-state index contributed by atoms with van der Waals surface area (Å²) in [6.07, 6.45) is 1.67. The summed E-state index contributed by atoms with van der Waals surface area (Å²) in [6, 6.07) is 9.82. The number of carbonyl (C=O) groups is 1. The van der Waals surface area contributed by atoms with Crippen LogP contribution in [-0.4, -0.2) is 20.9 Å². The predicted molar refractivity (Wildman–Crippen MR) is 82.8 cm³/mol. The Morgan fingerprint density at radius 1 is 1.29 bits per heavy atom. The lowest BCUT2D eigenvalue weighted by Crippen LogP contribution is -2.18. The zero-order chi connectivity index (χ0) is 15.0. The van der Waals surface area contributed by atoms with Crippen LogP contribution in [0.2, 0.25) is 0 Å². The summed E-state index contributed by atoms with van der Waals surface area (Å²) >= 11 is 4.82. The molecule has 1 saturated heterocycles. The first-order chi connectivity index (χ1) is 10.1. The highest BCUT2D eigenvalue weighted by molar-refractivity contribution is 7.80. The molecule has 1 aromatic heterocycles. The van der Waals surface area contributed by atoms with Gasteiger partial charge in [0.2, 0.25) is 0 Å². The second-order valence-electron chi connectivity index (χ2n) is 4.68. The molecule has 0 atom stereocenters. The van der Waals surface area contributed by atoms with Crippen LogP contribution >= 0.6 is 12.2 Å². The first-order valence-electron chi connectivity index (χ1n) is 6.43. The van der Waals surface area contributed by atoms with Crippen molar-refractivity contribution in [3.05, 3.63) is 53.0 Å². The van der Waals surface area contributed by atoms with Gasteiger partial charge in [-0.25, -0.2) is 4.68 Å². The first kappa shape index (κ1) is 13.5. The molecule has 6 heteroatoms. The number of ether oxygens (including phenoxy) is 1. The van der Waals surface area contributed by atoms with E-state index in [4.69, 9.17) is 17.0 Å². The molecule has 21 heavy (non-hydrogen) atoms. The third kappa shape index (κ3) is 2.45. The number of hydrogen-bond donors (Lipinski definition) is 1. The third-order valence-corrected chi connectivity index (χ3v) is 3.45. The van der Waals surface area contributed by atoms with Crippen LogP contribution in [0.15, 0.2) is 36.1 Å². The highest BCUT2D eigenvalue weighted by Gasteiger charge is 2.24. The molecule has 5 nitrogen and oxygen atoms in total. The molecule has 0 aliphatic carbocycles. The summed E-state index contributed by atoms with van der Waals surface area (Å²) in [5.74, 6) is -0.134. The van der Waals surface area contributed by atoms with Crippen molar-refractivity contribution in [2.24, 2.45) is 0 Å². The molecule has 0 bridgehead atoms. The molecule has 3 rings (SSSR count). The van der Waals surface area contributed by atoms with Gasteiger partial charge in [0.1, 0.15) is 0 Å². The number of carbonyl (C=O) groups excluding carboxylic acids is 1. The highest BCUT2D eigenvalue weighted by atomic mass is 32.1. The summed E-state index contributed by atoms with van der Waals surface area (Å²) in [6.45, 7) is 3.84. The van der Waals surface area contributed by atoms with Gasteiger partial charge in [-0.1, -0.05) is 18.2 Å². The van der Waals surface area contributed by atoms with Gasteiger partial charge in [-0.2, -0.15) is 5.10 Å². The van der Waals surface area contributed by atoms with Gasteiger partial charge >= 0.3 is 0 Å². The second kappa shape index (κ2) is 5.14. The number of nitrogens with one attached hydrogen (secondary N) is 1. The van der Waals surface area contributed by atoms with Crippen molar-refractivity contribution in [1.82, 2.24) is 15.1 Å². The topological polar surface area (TPSA) is 56.1 Å². The van der Waals surface area contributed by atoms with Crippen LogP contribution in [0.5, 0.6) is 0 Å². The van der Waals surface area contributed by atoms with E-state index >= 15 is 0 Å². The molecular formula is C15H13N3O2S. The average molecular weight is 299 g/mol. The number of aryl methyl sites for hydroxylation is 1. The maximum atomic E-state index is 11.7. The second-order valence-corrected chi connectivity index (χ2v) is 5.05. The number of aromatic nitrogens is 2. The minimum absolute atomic E-state index is 0.0806. The van der Waals surface area contributed by atoms with Crippen LogP contribution < -0.4 is 5.32 Å². The molecule has 0 unspecified atom stereocenters. The van der Waals surface area contributed by atoms with Crippen molar-refractivity contribution in [1.29, 1.82) is 0 Å². The Bertz CT molecular complexity index is 763. The molecule has 1 aliphatic rings. The molecule has 1 aromatic carbocycles. The predicted octanol–water partition coefficient (Wildman–Crippen LogP) is 2.26. The van der Waals surface area contributed by atoms with Crippen LogP contribution in [-0.2, 0) is 9.53 Å². The van der Waals surface area contributed by atoms with Crippen molar-refractivity contribution < 1.29 is 9.53 Å². The van der Waals surface area contributed by atoms with E-state index in [2.05, 4.69) is 10.4 Å². The van der Waals surface area contributed by atoms with Gasteiger partial charge in [-0.05, 0) is 44.3 Å². The number of thiocarbonyl (C=S) groups is 1. The van der Waals surface area contributed by atoms with Gasteiger partial charge in [0.15, 0.2) is 5.76 Å². The minimum Gasteiger partial charge on any atom is -0.426 e. The smallest absolute Gasteiger partial charge is 0.294 e. The highest BCUT2D eigenvalue weighted by Crippen LogP contribution is 2.22. The Hall–Kier alpha value is -2.47. The molecule has 1 N–H and O–H groups in total. The average Bonchev–Trinajstić information content (AvgIpc) is 2.93. The van der Waals surface area contributed by atoms with Crippen molar-refractivity contribution in [2.75, 3.05) is 0 Å². The molecule has 0 radical (unpaired) electrons. The molecule has 0 spiro atoms. The van der Waals surface area contributed by atoms with E-state index in [0.717, 1.165) is 22.6 Å². The standard InChI is InChI=1S/C15H13N3O2S/c1-9-12(8-13-14(19)16-15(21)20-13)10(2)18(17-9)11-6-4-3-5-7-11/h3-8H,1-2H3,(H,16,19,21)/b13-8-. The fraction of sp³-hybridized carbons (Fsp3) is 0.133. The van der Waals surface area contributed by atoms with E-state index in [1.54, 1.807) is 6.08 Å². The van der Waals surface area contributed by atoms with Gasteiger partial charge in [0.05, 0.1) is 11.4 Å². The fourth-order valence-electron chi connectivity index (χ4n) is 2.24. The van der Waals surface area contributed by atoms with Crippen molar-refractivity contribution >= 4 is 29.4 Å². The largest absolute Gasteiger partial charge is 0.426 e. The zero-order valence-corrected chi connectivity index (χ0v) is 12.4. The number of rotatable bonds is 2. The molecule has 106 valence electrons. The molecule has 1 fully saturated rings. The molecule has 0 saturated carbocycles. The Balaban J connectivity index is 2.06. The van der Waals surface area contributed by atoms with E-state index in [1.165, 1.54) is 0 Å². The van der Waals surface area contributed by atoms with Crippen LogP contribution in [0.1, 0.15) is 17.0 Å². The normalized spacial score (nSPS) is 16.2. The Labute approximate surface area is 127 Å². The van der Waals surface area contributed by atoms with Crippen molar-refractivity contribution in [3.63, 3.8) is 0 Å². The lowest BCUT2D eigenvalue weighted by molar-refractivity contribution is -0.116. The lowest BCUT2D eigenvalue weighted by Gasteiger charge is -2.03. The van der Waals surface area contributed by atoms with Gasteiger partial charge in [-0.15, -0.1) is 0 Å². The quantitative estimate of drug-likeness (QED) is 0.682. The van der Waals surface area contributed by atoms with E-state index in [9.17, 15) is 4.79 Å². The Kier molecular flexibility index (Phi) is 3.31. The summed E-state index contributed by atoms with van der Waals surface area (Å²) in [5, 5.41) is 7.04. The monoisotopic (exact) mass is 299 g/mol. The van der Waals surface area contributed by atoms with Gasteiger partial charge < -0.3 is 4.74 Å². The maximum absolute atomic E-state index is 11.7. The molecule has 1 aliphatic heterocycles. The number of benzene rings is 1. The van der Waals surface area contributed by atoms with Crippen LogP contribution in [0, 0.1) is 13.8 Å². The zero-order valence-electron chi connectivity index (χ0n) is 11.6. The Morgan fingerprint density at radius 3 is 2.62 bits per heavy atom. The lowest BCUT2D eigenvalue weighted by atomic mass is 10.1.